The summed E-state index contributed by atoms with van der Waals surface area (Å²) in [7, 11) is 1.80. The van der Waals surface area contributed by atoms with E-state index in [9.17, 15) is 18.4 Å². The molecule has 1 heterocycles. The first kappa shape index (κ1) is 19.4. The van der Waals surface area contributed by atoms with Crippen molar-refractivity contribution in [3.05, 3.63) is 40.9 Å². The average Bonchev–Trinajstić information content (AvgIpc) is 3.26. The molecule has 1 saturated carbocycles. The van der Waals surface area contributed by atoms with Crippen LogP contribution in [-0.2, 0) is 16.1 Å². The largest absolute Gasteiger partial charge is 0.352 e. The van der Waals surface area contributed by atoms with E-state index in [1.165, 1.54) is 24.3 Å². The number of amides is 2. The number of hydrogen-bond donors (Lipinski definition) is 1. The van der Waals surface area contributed by atoms with E-state index in [0.29, 0.717) is 23.4 Å². The van der Waals surface area contributed by atoms with E-state index in [1.807, 2.05) is 4.90 Å². The number of carbonyl (C=O) groups excluding carboxylic acids is 2. The number of thiazole rings is 1. The van der Waals surface area contributed by atoms with Gasteiger partial charge in [-0.1, -0.05) is 0 Å². The first-order chi connectivity index (χ1) is 12.8. The van der Waals surface area contributed by atoms with Crippen molar-refractivity contribution in [1.82, 2.24) is 15.2 Å². The van der Waals surface area contributed by atoms with Gasteiger partial charge < -0.3 is 5.32 Å². The molecular formula is C18H20F2N4O2S. The monoisotopic (exact) mass is 394 g/mol. The number of aromatic nitrogens is 1. The highest BCUT2D eigenvalue weighted by Gasteiger charge is 2.24. The van der Waals surface area contributed by atoms with Crippen LogP contribution in [0.5, 0.6) is 0 Å². The zero-order chi connectivity index (χ0) is 19.6. The molecule has 2 aromatic rings. The number of hydrogen-bond acceptors (Lipinski definition) is 5. The average molecular weight is 394 g/mol. The Morgan fingerprint density at radius 2 is 2.07 bits per heavy atom. The topological polar surface area (TPSA) is 65.5 Å². The Hall–Kier alpha value is -2.39. The van der Waals surface area contributed by atoms with Gasteiger partial charge in [-0.2, -0.15) is 0 Å². The molecule has 2 amide bonds. The summed E-state index contributed by atoms with van der Waals surface area (Å²) in [4.78, 5) is 31.2. The fraction of sp³-hybridized carbons (Fsp3) is 0.389. The summed E-state index contributed by atoms with van der Waals surface area (Å²) < 4.78 is 27.3. The Morgan fingerprint density at radius 1 is 1.33 bits per heavy atom. The van der Waals surface area contributed by atoms with Crippen LogP contribution in [0.1, 0.15) is 25.5 Å². The molecular weight excluding hydrogens is 374 g/mol. The summed E-state index contributed by atoms with van der Waals surface area (Å²) in [5, 5.41) is 4.96. The predicted octanol–water partition coefficient (Wildman–Crippen LogP) is 2.82. The van der Waals surface area contributed by atoms with Crippen molar-refractivity contribution >= 4 is 34.0 Å². The quantitative estimate of drug-likeness (QED) is 0.784. The lowest BCUT2D eigenvalue weighted by Gasteiger charge is -2.19. The fourth-order valence-electron chi connectivity index (χ4n) is 2.62. The Bertz CT molecular complexity index is 854. The van der Waals surface area contributed by atoms with E-state index in [1.54, 1.807) is 12.4 Å². The van der Waals surface area contributed by atoms with Crippen molar-refractivity contribution in [2.24, 2.45) is 0 Å². The smallest absolute Gasteiger partial charge is 0.234 e. The maximum absolute atomic E-state index is 14.1. The molecule has 3 rings (SSSR count). The van der Waals surface area contributed by atoms with Crippen LogP contribution in [0.15, 0.2) is 23.6 Å². The van der Waals surface area contributed by atoms with Gasteiger partial charge in [-0.25, -0.2) is 13.8 Å². The molecule has 0 spiro atoms. The highest BCUT2D eigenvalue weighted by atomic mass is 32.1. The molecule has 0 unspecified atom stereocenters. The second-order valence-electron chi connectivity index (χ2n) is 6.59. The third kappa shape index (κ3) is 5.08. The van der Waals surface area contributed by atoms with Crippen molar-refractivity contribution in [3.63, 3.8) is 0 Å². The first-order valence-corrected chi connectivity index (χ1v) is 9.39. The first-order valence-electron chi connectivity index (χ1n) is 8.51. The fourth-order valence-corrected chi connectivity index (χ4v) is 3.49. The molecule has 6 nitrogen and oxygen atoms in total. The number of benzene rings is 1. The molecule has 144 valence electrons. The highest BCUT2D eigenvalue weighted by Crippen LogP contribution is 2.31. The van der Waals surface area contributed by atoms with E-state index in [-0.39, 0.29) is 18.1 Å². The number of likely N-dealkylation sites (N-methyl/N-ethyl adjacent to an activating group) is 1. The van der Waals surface area contributed by atoms with Gasteiger partial charge in [-0.3, -0.25) is 19.4 Å². The third-order valence-corrected chi connectivity index (χ3v) is 4.86. The van der Waals surface area contributed by atoms with Gasteiger partial charge in [0.2, 0.25) is 11.8 Å². The van der Waals surface area contributed by atoms with Gasteiger partial charge in [0, 0.05) is 31.0 Å². The highest BCUT2D eigenvalue weighted by molar-refractivity contribution is 7.14. The molecule has 1 aromatic carbocycles. The lowest BCUT2D eigenvalue weighted by atomic mass is 10.2. The molecule has 0 radical (unpaired) electrons. The van der Waals surface area contributed by atoms with E-state index < -0.39 is 17.5 Å². The van der Waals surface area contributed by atoms with Crippen molar-refractivity contribution in [2.75, 3.05) is 18.5 Å². The van der Waals surface area contributed by atoms with Crippen LogP contribution >= 0.6 is 11.3 Å². The molecule has 0 atom stereocenters. The van der Waals surface area contributed by atoms with Crippen LogP contribution in [0.25, 0.3) is 0 Å². The van der Waals surface area contributed by atoms with Crippen molar-refractivity contribution in [2.45, 2.75) is 32.4 Å². The molecule has 1 N–H and O–H groups in total. The van der Waals surface area contributed by atoms with Gasteiger partial charge in [-0.15, -0.1) is 11.3 Å². The molecule has 1 aliphatic carbocycles. The van der Waals surface area contributed by atoms with Crippen LogP contribution in [-0.4, -0.2) is 41.3 Å². The molecule has 1 aromatic heterocycles. The SMILES string of the molecule is CC(=O)N(c1nc(CN(C)CC(=O)NC2CC2)cs1)c1ccc(F)cc1F. The summed E-state index contributed by atoms with van der Waals surface area (Å²) in [5.74, 6) is -2.02. The van der Waals surface area contributed by atoms with E-state index >= 15 is 0 Å². The minimum atomic E-state index is -0.837. The summed E-state index contributed by atoms with van der Waals surface area (Å²) >= 11 is 1.18. The van der Waals surface area contributed by atoms with Gasteiger partial charge in [0.15, 0.2) is 5.13 Å². The van der Waals surface area contributed by atoms with Crippen LogP contribution in [0.4, 0.5) is 19.6 Å². The zero-order valence-electron chi connectivity index (χ0n) is 15.0. The van der Waals surface area contributed by atoms with E-state index in [0.717, 1.165) is 29.9 Å². The number of nitrogens with one attached hydrogen (secondary N) is 1. The van der Waals surface area contributed by atoms with Crippen LogP contribution < -0.4 is 10.2 Å². The molecule has 1 aliphatic rings. The lowest BCUT2D eigenvalue weighted by molar-refractivity contribution is -0.122. The minimum absolute atomic E-state index is 0.0331. The van der Waals surface area contributed by atoms with Gasteiger partial charge in [-0.05, 0) is 32.0 Å². The molecule has 0 aliphatic heterocycles. The Morgan fingerprint density at radius 3 is 2.70 bits per heavy atom. The molecule has 0 bridgehead atoms. The van der Waals surface area contributed by atoms with E-state index in [2.05, 4.69) is 10.3 Å². The maximum atomic E-state index is 14.1. The summed E-state index contributed by atoms with van der Waals surface area (Å²) in [5.41, 5.74) is 0.604. The van der Waals surface area contributed by atoms with Crippen molar-refractivity contribution in [1.29, 1.82) is 0 Å². The second-order valence-corrected chi connectivity index (χ2v) is 7.42. The number of carbonyl (C=O) groups is 2. The Balaban J connectivity index is 1.70. The molecule has 0 saturated heterocycles. The van der Waals surface area contributed by atoms with Gasteiger partial charge in [0.05, 0.1) is 17.9 Å². The lowest BCUT2D eigenvalue weighted by Crippen LogP contribution is -2.36. The Labute approximate surface area is 159 Å². The van der Waals surface area contributed by atoms with E-state index in [4.69, 9.17) is 0 Å². The zero-order valence-corrected chi connectivity index (χ0v) is 15.9. The minimum Gasteiger partial charge on any atom is -0.352 e. The molecule has 27 heavy (non-hydrogen) atoms. The normalized spacial score (nSPS) is 13.7. The standard InChI is InChI=1S/C18H20F2N4O2S/c1-11(25)24(16-6-3-12(19)7-15(16)20)18-22-14(10-27-18)8-23(2)9-17(26)21-13-4-5-13/h3,6-7,10,13H,4-5,8-9H2,1-2H3,(H,21,26). The van der Waals surface area contributed by atoms with Gasteiger partial charge in [0.1, 0.15) is 11.6 Å². The Kier molecular flexibility index (Phi) is 5.81. The number of nitrogens with zero attached hydrogens (tertiary/aromatic N) is 3. The summed E-state index contributed by atoms with van der Waals surface area (Å²) in [6, 6.07) is 3.34. The number of halogens is 2. The van der Waals surface area contributed by atoms with Crippen LogP contribution in [0, 0.1) is 11.6 Å². The molecule has 1 fully saturated rings. The maximum Gasteiger partial charge on any atom is 0.234 e. The van der Waals surface area contributed by atoms with Crippen molar-refractivity contribution < 1.29 is 18.4 Å². The summed E-state index contributed by atoms with van der Waals surface area (Å²) in [6.45, 7) is 1.94. The third-order valence-electron chi connectivity index (χ3n) is 3.98. The summed E-state index contributed by atoms with van der Waals surface area (Å²) in [6.07, 6.45) is 2.07. The predicted molar refractivity (Wildman–Crippen MR) is 98.8 cm³/mol. The van der Waals surface area contributed by atoms with Crippen molar-refractivity contribution in [3.8, 4) is 0 Å². The molecule has 9 heteroatoms. The van der Waals surface area contributed by atoms with Gasteiger partial charge >= 0.3 is 0 Å². The van der Waals surface area contributed by atoms with Crippen LogP contribution in [0.2, 0.25) is 0 Å². The van der Waals surface area contributed by atoms with Crippen LogP contribution in [0.3, 0.4) is 0 Å². The number of anilines is 2. The second kappa shape index (κ2) is 8.10. The number of rotatable bonds is 7. The van der Waals surface area contributed by atoms with Gasteiger partial charge in [0.25, 0.3) is 0 Å².